The number of aromatic nitrogens is 1. The van der Waals surface area contributed by atoms with Crippen molar-refractivity contribution in [1.29, 1.82) is 0 Å². The highest BCUT2D eigenvalue weighted by molar-refractivity contribution is 7.09. The van der Waals surface area contributed by atoms with Gasteiger partial charge >= 0.3 is 24.3 Å². The average molecular weight is 539 g/mol. The minimum atomic E-state index is -5.08. The fourth-order valence-corrected chi connectivity index (χ4v) is 4.08. The van der Waals surface area contributed by atoms with Crippen molar-refractivity contribution in [2.45, 2.75) is 25.3 Å². The molecule has 2 aliphatic heterocycles. The van der Waals surface area contributed by atoms with Gasteiger partial charge in [0, 0.05) is 50.3 Å². The molecule has 2 aliphatic rings. The summed E-state index contributed by atoms with van der Waals surface area (Å²) in [7, 11) is 1.77. The van der Waals surface area contributed by atoms with E-state index in [-0.39, 0.29) is 0 Å². The molecule has 3 rings (SSSR count). The number of thiazole rings is 1. The molecular weight excluding hydrogens is 512 g/mol. The predicted molar refractivity (Wildman–Crippen MR) is 111 cm³/mol. The van der Waals surface area contributed by atoms with Crippen LogP contribution >= 0.6 is 11.3 Å². The van der Waals surface area contributed by atoms with E-state index < -0.39 is 24.3 Å². The van der Waals surface area contributed by atoms with Crippen LogP contribution in [0.1, 0.15) is 11.4 Å². The zero-order chi connectivity index (χ0) is 26.7. The minimum Gasteiger partial charge on any atom is -0.475 e. The summed E-state index contributed by atoms with van der Waals surface area (Å²) < 4.78 is 74.6. The number of likely N-dealkylation sites (tertiary alicyclic amines) is 1. The molecule has 0 aliphatic carbocycles. The highest BCUT2D eigenvalue weighted by atomic mass is 32.1. The number of methoxy groups -OCH3 is 1. The second-order valence-electron chi connectivity index (χ2n) is 7.81. The number of aliphatic carboxylic acids is 2. The van der Waals surface area contributed by atoms with E-state index in [0.717, 1.165) is 59.1 Å². The van der Waals surface area contributed by atoms with E-state index in [1.165, 1.54) is 11.4 Å². The Morgan fingerprint density at radius 1 is 1.11 bits per heavy atom. The molecule has 202 valence electrons. The Balaban J connectivity index is 0.000000362. The van der Waals surface area contributed by atoms with Gasteiger partial charge in [-0.2, -0.15) is 26.3 Å². The Bertz CT molecular complexity index is 756. The molecule has 1 aromatic rings. The Kier molecular flexibility index (Phi) is 12.3. The van der Waals surface area contributed by atoms with Crippen molar-refractivity contribution in [3.05, 3.63) is 16.6 Å². The van der Waals surface area contributed by atoms with Gasteiger partial charge < -0.3 is 24.6 Å². The van der Waals surface area contributed by atoms with Crippen LogP contribution in [0.2, 0.25) is 0 Å². The van der Waals surface area contributed by atoms with Crippen LogP contribution in [-0.2, 0) is 25.6 Å². The van der Waals surface area contributed by atoms with Crippen LogP contribution in [0.25, 0.3) is 0 Å². The number of carboxylic acid groups (broad SMARTS) is 2. The van der Waals surface area contributed by atoms with Gasteiger partial charge in [0.2, 0.25) is 0 Å². The Labute approximate surface area is 201 Å². The third kappa shape index (κ3) is 12.0. The summed E-state index contributed by atoms with van der Waals surface area (Å²) in [6.07, 6.45) is -7.04. The third-order valence-electron chi connectivity index (χ3n) is 4.98. The molecule has 2 saturated heterocycles. The van der Waals surface area contributed by atoms with Gasteiger partial charge in [0.15, 0.2) is 0 Å². The van der Waals surface area contributed by atoms with Crippen LogP contribution in [0.3, 0.4) is 0 Å². The molecule has 2 N–H and O–H groups in total. The van der Waals surface area contributed by atoms with Gasteiger partial charge in [-0.1, -0.05) is 0 Å². The number of ether oxygens (including phenoxy) is 2. The van der Waals surface area contributed by atoms with Crippen LogP contribution in [0.5, 0.6) is 0 Å². The second-order valence-corrected chi connectivity index (χ2v) is 8.79. The molecule has 1 atom stereocenters. The zero-order valence-electron chi connectivity index (χ0n) is 18.8. The Morgan fingerprint density at radius 2 is 1.69 bits per heavy atom. The minimum absolute atomic E-state index is 0.293. The zero-order valence-corrected chi connectivity index (χ0v) is 19.6. The van der Waals surface area contributed by atoms with Gasteiger partial charge in [-0.05, 0) is 13.0 Å². The first-order valence-corrected chi connectivity index (χ1v) is 11.1. The normalized spacial score (nSPS) is 21.5. The van der Waals surface area contributed by atoms with Crippen molar-refractivity contribution in [1.82, 2.24) is 14.8 Å². The smallest absolute Gasteiger partial charge is 0.475 e. The van der Waals surface area contributed by atoms with Gasteiger partial charge in [0.25, 0.3) is 0 Å². The number of nitrogens with zero attached hydrogens (tertiary/aromatic N) is 3. The van der Waals surface area contributed by atoms with Crippen molar-refractivity contribution in [3.63, 3.8) is 0 Å². The molecule has 2 fully saturated rings. The highest BCUT2D eigenvalue weighted by Gasteiger charge is 2.41. The number of hydrogen-bond acceptors (Lipinski definition) is 8. The van der Waals surface area contributed by atoms with Crippen LogP contribution in [0.4, 0.5) is 26.3 Å². The molecule has 3 heterocycles. The summed E-state index contributed by atoms with van der Waals surface area (Å²) in [5.74, 6) is -5.51. The van der Waals surface area contributed by atoms with Crippen molar-refractivity contribution in [2.24, 2.45) is 5.41 Å². The van der Waals surface area contributed by atoms with E-state index in [1.54, 1.807) is 18.4 Å². The first-order valence-electron chi connectivity index (χ1n) is 10.2. The summed E-state index contributed by atoms with van der Waals surface area (Å²) in [5, 5.41) is 17.5. The van der Waals surface area contributed by atoms with E-state index in [0.29, 0.717) is 5.41 Å². The second kappa shape index (κ2) is 13.9. The Hall–Kier alpha value is -2.01. The highest BCUT2D eigenvalue weighted by Crippen LogP contribution is 2.33. The molecule has 1 unspecified atom stereocenters. The van der Waals surface area contributed by atoms with Crippen LogP contribution in [-0.4, -0.2) is 109 Å². The first kappa shape index (κ1) is 31.0. The third-order valence-corrected chi connectivity index (χ3v) is 5.74. The lowest BCUT2D eigenvalue weighted by Gasteiger charge is -2.31. The van der Waals surface area contributed by atoms with E-state index in [9.17, 15) is 26.3 Å². The van der Waals surface area contributed by atoms with E-state index in [4.69, 9.17) is 29.3 Å². The van der Waals surface area contributed by atoms with Crippen molar-refractivity contribution >= 4 is 23.3 Å². The number of carbonyl (C=O) groups is 2. The maximum absolute atomic E-state index is 10.6. The molecule has 35 heavy (non-hydrogen) atoms. The van der Waals surface area contributed by atoms with Gasteiger partial charge in [0.05, 0.1) is 26.4 Å². The predicted octanol–water partition coefficient (Wildman–Crippen LogP) is 2.58. The van der Waals surface area contributed by atoms with Crippen LogP contribution < -0.4 is 0 Å². The molecule has 9 nitrogen and oxygen atoms in total. The standard InChI is InChI=1S/C15H25N3O2S.2C2HF3O2/c1-19-7-5-17-4-2-15(11-17)12-18(6-8-20-13-15)10-14-16-3-9-21-14;2*3-2(4,5)1(6)7/h3,9H,2,4-8,10-13H2,1H3;2*(H,6,7). The summed E-state index contributed by atoms with van der Waals surface area (Å²) in [4.78, 5) is 27.2. The van der Waals surface area contributed by atoms with Gasteiger partial charge in [-0.3, -0.25) is 4.90 Å². The molecule has 0 amide bonds. The average Bonchev–Trinajstić information content (AvgIpc) is 3.34. The molecule has 0 aromatic carbocycles. The van der Waals surface area contributed by atoms with Crippen LogP contribution in [0.15, 0.2) is 11.6 Å². The van der Waals surface area contributed by atoms with Crippen molar-refractivity contribution in [3.8, 4) is 0 Å². The molecule has 0 saturated carbocycles. The topological polar surface area (TPSA) is 112 Å². The first-order chi connectivity index (χ1) is 16.2. The van der Waals surface area contributed by atoms with Gasteiger partial charge in [-0.25, -0.2) is 14.6 Å². The number of carboxylic acids is 2. The Morgan fingerprint density at radius 3 is 2.17 bits per heavy atom. The lowest BCUT2D eigenvalue weighted by Crippen LogP contribution is -2.40. The van der Waals surface area contributed by atoms with E-state index in [2.05, 4.69) is 20.2 Å². The lowest BCUT2D eigenvalue weighted by atomic mass is 9.87. The lowest BCUT2D eigenvalue weighted by molar-refractivity contribution is -0.193. The SMILES string of the molecule is COCCN1CCC2(COCCN(Cc3nccs3)C2)C1.O=C(O)C(F)(F)F.O=C(O)C(F)(F)F. The molecule has 0 bridgehead atoms. The largest absolute Gasteiger partial charge is 0.490 e. The molecule has 16 heteroatoms. The molecule has 1 aromatic heterocycles. The maximum Gasteiger partial charge on any atom is 0.490 e. The van der Waals surface area contributed by atoms with Crippen LogP contribution in [0, 0.1) is 5.41 Å². The monoisotopic (exact) mass is 539 g/mol. The fraction of sp³-hybridized carbons (Fsp3) is 0.737. The van der Waals surface area contributed by atoms with E-state index >= 15 is 0 Å². The van der Waals surface area contributed by atoms with E-state index in [1.807, 2.05) is 6.20 Å². The summed E-state index contributed by atoms with van der Waals surface area (Å²) in [5.41, 5.74) is 0.293. The molecular formula is C19H27F6N3O6S. The quantitative estimate of drug-likeness (QED) is 0.546. The number of rotatable bonds is 5. The number of alkyl halides is 6. The fourth-order valence-electron chi connectivity index (χ4n) is 3.42. The summed E-state index contributed by atoms with van der Waals surface area (Å²) in [6, 6.07) is 0. The van der Waals surface area contributed by atoms with Gasteiger partial charge in [0.1, 0.15) is 5.01 Å². The molecule has 0 radical (unpaired) electrons. The van der Waals surface area contributed by atoms with Crippen molar-refractivity contribution in [2.75, 3.05) is 59.7 Å². The number of halogens is 6. The molecule has 1 spiro atoms. The van der Waals surface area contributed by atoms with Gasteiger partial charge in [-0.15, -0.1) is 11.3 Å². The summed E-state index contributed by atoms with van der Waals surface area (Å²) in [6.45, 7) is 8.97. The summed E-state index contributed by atoms with van der Waals surface area (Å²) >= 11 is 1.75. The van der Waals surface area contributed by atoms with Crippen molar-refractivity contribution < 1.29 is 55.6 Å². The number of hydrogen-bond donors (Lipinski definition) is 2. The maximum atomic E-state index is 10.6.